The molecule has 0 radical (unpaired) electrons. The lowest BCUT2D eigenvalue weighted by atomic mass is 10.1. The summed E-state index contributed by atoms with van der Waals surface area (Å²) in [5, 5.41) is 5.35. The molecule has 2 aromatic carbocycles. The Labute approximate surface area is 195 Å². The zero-order valence-electron chi connectivity index (χ0n) is 18.5. The molecule has 0 aliphatic heterocycles. The summed E-state index contributed by atoms with van der Waals surface area (Å²) in [7, 11) is 0. The second kappa shape index (κ2) is 9.79. The van der Waals surface area contributed by atoms with Gasteiger partial charge in [0.25, 0.3) is 0 Å². The van der Waals surface area contributed by atoms with Crippen LogP contribution in [-0.2, 0) is 22.6 Å². The zero-order chi connectivity index (χ0) is 23.4. The summed E-state index contributed by atoms with van der Waals surface area (Å²) in [5.41, 5.74) is 4.36. The van der Waals surface area contributed by atoms with E-state index in [-0.39, 0.29) is 24.6 Å². The number of aryl methyl sites for hydroxylation is 3. The third-order valence-electron chi connectivity index (χ3n) is 4.94. The molecule has 2 aromatic heterocycles. The van der Waals surface area contributed by atoms with E-state index < -0.39 is 5.97 Å². The van der Waals surface area contributed by atoms with Crippen molar-refractivity contribution in [2.24, 2.45) is 0 Å². The molecule has 0 spiro atoms. The van der Waals surface area contributed by atoms with E-state index in [1.807, 2.05) is 62.4 Å². The number of oxazole rings is 1. The van der Waals surface area contributed by atoms with Gasteiger partial charge in [0.05, 0.1) is 12.1 Å². The monoisotopic (exact) mass is 461 g/mol. The Morgan fingerprint density at radius 3 is 2.64 bits per heavy atom. The van der Waals surface area contributed by atoms with Gasteiger partial charge in [-0.25, -0.2) is 14.8 Å². The molecule has 7 nitrogen and oxygen atoms in total. The van der Waals surface area contributed by atoms with E-state index in [9.17, 15) is 9.59 Å². The fraction of sp³-hybridized carbons (Fsp3) is 0.200. The predicted octanol–water partition coefficient (Wildman–Crippen LogP) is 5.26. The normalized spacial score (nSPS) is 10.8. The fourth-order valence-electron chi connectivity index (χ4n) is 3.20. The van der Waals surface area contributed by atoms with Crippen LogP contribution in [0.1, 0.15) is 38.1 Å². The molecule has 0 aliphatic rings. The van der Waals surface area contributed by atoms with Crippen molar-refractivity contribution in [2.75, 3.05) is 5.32 Å². The van der Waals surface area contributed by atoms with Crippen LogP contribution in [0, 0.1) is 20.8 Å². The molecule has 0 saturated carbocycles. The number of rotatable bonds is 7. The Morgan fingerprint density at radius 1 is 1.06 bits per heavy atom. The number of esters is 1. The van der Waals surface area contributed by atoms with Crippen LogP contribution >= 0.6 is 11.3 Å². The van der Waals surface area contributed by atoms with E-state index in [0.717, 1.165) is 22.4 Å². The Balaban J connectivity index is 1.33. The number of carbonyl (C=O) groups excluding carboxylic acids is 2. The molecule has 0 unspecified atom stereocenters. The molecule has 2 heterocycles. The lowest BCUT2D eigenvalue weighted by Crippen LogP contribution is -2.15. The molecule has 0 aliphatic carbocycles. The Hall–Kier alpha value is -3.78. The highest BCUT2D eigenvalue weighted by atomic mass is 32.1. The highest BCUT2D eigenvalue weighted by Crippen LogP contribution is 2.22. The van der Waals surface area contributed by atoms with Gasteiger partial charge in [-0.3, -0.25) is 4.79 Å². The molecule has 8 heteroatoms. The quantitative estimate of drug-likeness (QED) is 0.377. The molecule has 0 saturated heterocycles. The minimum absolute atomic E-state index is 0.0130. The third kappa shape index (κ3) is 5.53. The highest BCUT2D eigenvalue weighted by molar-refractivity contribution is 7.09. The molecule has 0 fully saturated rings. The van der Waals surface area contributed by atoms with Gasteiger partial charge < -0.3 is 14.5 Å². The minimum atomic E-state index is -0.583. The summed E-state index contributed by atoms with van der Waals surface area (Å²) >= 11 is 1.35. The average molecular weight is 462 g/mol. The molecule has 4 rings (SSSR count). The van der Waals surface area contributed by atoms with Crippen LogP contribution in [0.2, 0.25) is 0 Å². The first-order chi connectivity index (χ1) is 15.9. The SMILES string of the molecule is Cc1ccc(C)c(NC(=O)Cc2nc(COC(=O)c3nc(-c4ccccc4)oc3C)cs2)c1. The molecule has 33 heavy (non-hydrogen) atoms. The van der Waals surface area contributed by atoms with Crippen molar-refractivity contribution in [3.8, 4) is 11.5 Å². The number of ether oxygens (including phenoxy) is 1. The molecule has 168 valence electrons. The number of hydrogen-bond donors (Lipinski definition) is 1. The maximum atomic E-state index is 12.5. The topological polar surface area (TPSA) is 94.3 Å². The molecule has 4 aromatic rings. The van der Waals surface area contributed by atoms with E-state index in [0.29, 0.717) is 22.4 Å². The van der Waals surface area contributed by atoms with E-state index in [1.54, 1.807) is 12.3 Å². The average Bonchev–Trinajstić information content (AvgIpc) is 3.41. The second-order valence-corrected chi connectivity index (χ2v) is 8.58. The fourth-order valence-corrected chi connectivity index (χ4v) is 3.97. The van der Waals surface area contributed by atoms with E-state index in [4.69, 9.17) is 9.15 Å². The number of aromatic nitrogens is 2. The molecule has 1 N–H and O–H groups in total. The maximum Gasteiger partial charge on any atom is 0.361 e. The molecule has 0 atom stereocenters. The first kappa shape index (κ1) is 22.4. The van der Waals surface area contributed by atoms with Crippen LogP contribution in [0.5, 0.6) is 0 Å². The van der Waals surface area contributed by atoms with Crippen LogP contribution in [0.4, 0.5) is 5.69 Å². The summed E-state index contributed by atoms with van der Waals surface area (Å²) < 4.78 is 11.0. The van der Waals surface area contributed by atoms with Crippen molar-refractivity contribution in [3.63, 3.8) is 0 Å². The van der Waals surface area contributed by atoms with Crippen molar-refractivity contribution in [1.29, 1.82) is 0 Å². The van der Waals surface area contributed by atoms with Gasteiger partial charge in [-0.1, -0.05) is 30.3 Å². The lowest BCUT2D eigenvalue weighted by Gasteiger charge is -2.08. The van der Waals surface area contributed by atoms with Crippen molar-refractivity contribution < 1.29 is 18.7 Å². The summed E-state index contributed by atoms with van der Waals surface area (Å²) in [5.74, 6) is 0.0284. The molecular weight excluding hydrogens is 438 g/mol. The van der Waals surface area contributed by atoms with Gasteiger partial charge in [-0.2, -0.15) is 0 Å². The molecule has 0 bridgehead atoms. The Kier molecular flexibility index (Phi) is 6.65. The number of anilines is 1. The number of thiazole rings is 1. The minimum Gasteiger partial charge on any atom is -0.454 e. The zero-order valence-corrected chi connectivity index (χ0v) is 19.4. The van der Waals surface area contributed by atoms with E-state index >= 15 is 0 Å². The number of nitrogens with one attached hydrogen (secondary N) is 1. The van der Waals surface area contributed by atoms with Gasteiger partial charge in [-0.05, 0) is 50.1 Å². The molecule has 1 amide bonds. The van der Waals surface area contributed by atoms with Gasteiger partial charge in [0.2, 0.25) is 11.8 Å². The van der Waals surface area contributed by atoms with E-state index in [1.165, 1.54) is 11.3 Å². The van der Waals surface area contributed by atoms with Crippen LogP contribution < -0.4 is 5.32 Å². The third-order valence-corrected chi connectivity index (χ3v) is 5.84. The Bertz CT molecular complexity index is 1290. The number of hydrogen-bond acceptors (Lipinski definition) is 7. The van der Waals surface area contributed by atoms with Crippen molar-refractivity contribution in [3.05, 3.63) is 87.2 Å². The summed E-state index contributed by atoms with van der Waals surface area (Å²) in [6.07, 6.45) is 0.148. The second-order valence-electron chi connectivity index (χ2n) is 7.64. The number of nitrogens with zero attached hydrogens (tertiary/aromatic N) is 2. The summed E-state index contributed by atoms with van der Waals surface area (Å²) in [6, 6.07) is 15.3. The largest absolute Gasteiger partial charge is 0.454 e. The van der Waals surface area contributed by atoms with Crippen LogP contribution in [-0.4, -0.2) is 21.8 Å². The number of carbonyl (C=O) groups is 2. The van der Waals surface area contributed by atoms with Crippen LogP contribution in [0.25, 0.3) is 11.5 Å². The predicted molar refractivity (Wildman–Crippen MR) is 126 cm³/mol. The van der Waals surface area contributed by atoms with Crippen LogP contribution in [0.15, 0.2) is 58.3 Å². The van der Waals surface area contributed by atoms with Crippen molar-refractivity contribution >= 4 is 28.9 Å². The number of benzene rings is 2. The van der Waals surface area contributed by atoms with Crippen molar-refractivity contribution in [1.82, 2.24) is 9.97 Å². The first-order valence-electron chi connectivity index (χ1n) is 10.4. The molecular formula is C25H23N3O4S. The standard InChI is InChI=1S/C25H23N3O4S/c1-15-9-10-16(2)20(11-15)27-21(29)12-22-26-19(14-33-22)13-31-25(30)23-17(3)32-24(28-23)18-7-5-4-6-8-18/h4-11,14H,12-13H2,1-3H3,(H,27,29). The summed E-state index contributed by atoms with van der Waals surface area (Å²) in [6.45, 7) is 5.59. The van der Waals surface area contributed by atoms with Crippen LogP contribution in [0.3, 0.4) is 0 Å². The Morgan fingerprint density at radius 2 is 1.85 bits per heavy atom. The first-order valence-corrected chi connectivity index (χ1v) is 11.3. The smallest absolute Gasteiger partial charge is 0.361 e. The highest BCUT2D eigenvalue weighted by Gasteiger charge is 2.20. The van der Waals surface area contributed by atoms with Gasteiger partial charge >= 0.3 is 5.97 Å². The van der Waals surface area contributed by atoms with Gasteiger partial charge in [0.1, 0.15) is 17.4 Å². The summed E-state index contributed by atoms with van der Waals surface area (Å²) in [4.78, 5) is 33.6. The van der Waals surface area contributed by atoms with Crippen molar-refractivity contribution in [2.45, 2.75) is 33.8 Å². The number of amides is 1. The van der Waals surface area contributed by atoms with Gasteiger partial charge in [-0.15, -0.1) is 11.3 Å². The maximum absolute atomic E-state index is 12.5. The van der Waals surface area contributed by atoms with Gasteiger partial charge in [0, 0.05) is 16.6 Å². The van der Waals surface area contributed by atoms with E-state index in [2.05, 4.69) is 15.3 Å². The lowest BCUT2D eigenvalue weighted by molar-refractivity contribution is -0.115. The van der Waals surface area contributed by atoms with Gasteiger partial charge in [0.15, 0.2) is 5.69 Å².